The Kier molecular flexibility index (Phi) is 4.73. The topological polar surface area (TPSA) is 68.5 Å². The largest absolute Gasteiger partial charge is 0.422 e. The minimum absolute atomic E-state index is 0.0705. The number of nitrogens with one attached hydrogen (secondary N) is 1. The highest BCUT2D eigenvalue weighted by atomic mass is 19.1. The third-order valence-electron chi connectivity index (χ3n) is 4.74. The van der Waals surface area contributed by atoms with Crippen LogP contribution in [0.2, 0.25) is 0 Å². The molecule has 2 aromatic carbocycles. The molecule has 1 aromatic heterocycles. The van der Waals surface area contributed by atoms with Gasteiger partial charge in [0.2, 0.25) is 0 Å². The quantitative estimate of drug-likeness (QED) is 0.716. The molecule has 4 rings (SSSR count). The molecular weight excluding hydrogens is 349 g/mol. The molecule has 1 aliphatic heterocycles. The fourth-order valence-corrected chi connectivity index (χ4v) is 3.37. The van der Waals surface area contributed by atoms with Crippen molar-refractivity contribution in [3.63, 3.8) is 0 Å². The first-order valence-corrected chi connectivity index (χ1v) is 8.82. The monoisotopic (exact) mass is 367 g/mol. The normalized spacial score (nSPS) is 17.7. The van der Waals surface area contributed by atoms with Gasteiger partial charge in [-0.25, -0.2) is 9.18 Å². The van der Waals surface area contributed by atoms with E-state index >= 15 is 0 Å². The van der Waals surface area contributed by atoms with Gasteiger partial charge in [-0.05, 0) is 42.7 Å². The smallest absolute Gasteiger partial charge is 0.349 e. The third-order valence-corrected chi connectivity index (χ3v) is 4.74. The number of rotatable bonds is 4. The summed E-state index contributed by atoms with van der Waals surface area (Å²) in [6, 6.07) is 14.0. The van der Waals surface area contributed by atoms with Crippen LogP contribution in [0.4, 0.5) is 4.39 Å². The minimum Gasteiger partial charge on any atom is -0.422 e. The van der Waals surface area contributed by atoms with Crippen molar-refractivity contribution in [3.8, 4) is 0 Å². The van der Waals surface area contributed by atoms with Gasteiger partial charge in [-0.3, -0.25) is 4.79 Å². The highest BCUT2D eigenvalue weighted by Crippen LogP contribution is 2.27. The maximum atomic E-state index is 13.3. The third kappa shape index (κ3) is 3.61. The fourth-order valence-electron chi connectivity index (χ4n) is 3.37. The van der Waals surface area contributed by atoms with Gasteiger partial charge < -0.3 is 14.5 Å². The Balaban J connectivity index is 1.66. The molecule has 1 aliphatic rings. The predicted molar refractivity (Wildman–Crippen MR) is 98.1 cm³/mol. The van der Waals surface area contributed by atoms with Crippen LogP contribution in [0, 0.1) is 5.82 Å². The van der Waals surface area contributed by atoms with E-state index in [1.807, 2.05) is 0 Å². The summed E-state index contributed by atoms with van der Waals surface area (Å²) in [5, 5.41) is 3.53. The van der Waals surface area contributed by atoms with Crippen molar-refractivity contribution in [2.45, 2.75) is 25.0 Å². The van der Waals surface area contributed by atoms with Crippen molar-refractivity contribution in [1.29, 1.82) is 0 Å². The number of ether oxygens (including phenoxy) is 1. The van der Waals surface area contributed by atoms with Crippen molar-refractivity contribution in [2.75, 3.05) is 6.61 Å². The number of carbonyl (C=O) groups is 1. The Labute approximate surface area is 154 Å². The van der Waals surface area contributed by atoms with Gasteiger partial charge in [0.1, 0.15) is 17.0 Å². The molecule has 0 aliphatic carbocycles. The van der Waals surface area contributed by atoms with Crippen LogP contribution in [-0.4, -0.2) is 18.6 Å². The highest BCUT2D eigenvalue weighted by molar-refractivity contribution is 5.96. The second kappa shape index (κ2) is 7.32. The molecule has 27 heavy (non-hydrogen) atoms. The number of fused-ring (bicyclic) bond motifs is 1. The lowest BCUT2D eigenvalue weighted by atomic mass is 9.98. The summed E-state index contributed by atoms with van der Waals surface area (Å²) < 4.78 is 24.3. The number of halogens is 1. The molecule has 1 amide bonds. The average molecular weight is 367 g/mol. The van der Waals surface area contributed by atoms with E-state index in [9.17, 15) is 14.0 Å². The predicted octanol–water partition coefficient (Wildman–Crippen LogP) is 3.58. The first-order valence-electron chi connectivity index (χ1n) is 8.82. The van der Waals surface area contributed by atoms with Crippen LogP contribution in [0.25, 0.3) is 11.0 Å². The summed E-state index contributed by atoms with van der Waals surface area (Å²) in [6.07, 6.45) is 1.43. The van der Waals surface area contributed by atoms with Gasteiger partial charge in [0.25, 0.3) is 5.91 Å². The molecular formula is C21H18FNO4. The number of hydrogen-bond donors (Lipinski definition) is 1. The number of benzene rings is 2. The standard InChI is InChI=1S/C21H18FNO4/c22-15-9-7-13(8-10-15)19(18-6-3-11-26-18)23-20(24)16-12-14-4-1-2-5-17(14)27-21(16)25/h1-2,4-5,7-10,12,18-19H,3,6,11H2,(H,23,24)/t18-,19-/m1/s1. The zero-order chi connectivity index (χ0) is 18.8. The molecule has 1 saturated heterocycles. The Hall–Kier alpha value is -2.99. The number of hydrogen-bond acceptors (Lipinski definition) is 4. The van der Waals surface area contributed by atoms with E-state index in [2.05, 4.69) is 5.32 Å². The Bertz CT molecular complexity index is 1020. The van der Waals surface area contributed by atoms with Crippen LogP contribution in [0.5, 0.6) is 0 Å². The summed E-state index contributed by atoms with van der Waals surface area (Å²) in [4.78, 5) is 25.1. The molecule has 1 N–H and O–H groups in total. The molecule has 1 fully saturated rings. The van der Waals surface area contributed by atoms with E-state index in [-0.39, 0.29) is 17.5 Å². The first-order chi connectivity index (χ1) is 13.1. The summed E-state index contributed by atoms with van der Waals surface area (Å²) in [5.74, 6) is -0.898. The number of carbonyl (C=O) groups excluding carboxylic acids is 1. The van der Waals surface area contributed by atoms with E-state index in [4.69, 9.17) is 9.15 Å². The van der Waals surface area contributed by atoms with Crippen LogP contribution >= 0.6 is 0 Å². The van der Waals surface area contributed by atoms with E-state index in [1.54, 1.807) is 36.4 Å². The zero-order valence-corrected chi connectivity index (χ0v) is 14.5. The zero-order valence-electron chi connectivity index (χ0n) is 14.5. The maximum Gasteiger partial charge on any atom is 0.349 e. The van der Waals surface area contributed by atoms with Crippen LogP contribution in [0.15, 0.2) is 63.8 Å². The number of amides is 1. The molecule has 0 bridgehead atoms. The van der Waals surface area contributed by atoms with Gasteiger partial charge in [-0.15, -0.1) is 0 Å². The molecule has 138 valence electrons. The van der Waals surface area contributed by atoms with Gasteiger partial charge in [-0.2, -0.15) is 0 Å². The van der Waals surface area contributed by atoms with Crippen LogP contribution in [0.1, 0.15) is 34.8 Å². The molecule has 2 atom stereocenters. The molecule has 5 nitrogen and oxygen atoms in total. The maximum absolute atomic E-state index is 13.3. The first kappa shape index (κ1) is 17.4. The van der Waals surface area contributed by atoms with Gasteiger partial charge in [0.15, 0.2) is 0 Å². The molecule has 0 radical (unpaired) electrons. The summed E-state index contributed by atoms with van der Waals surface area (Å²) in [7, 11) is 0. The van der Waals surface area contributed by atoms with Gasteiger partial charge in [0.05, 0.1) is 12.1 Å². The fraction of sp³-hybridized carbons (Fsp3) is 0.238. The van der Waals surface area contributed by atoms with Crippen LogP contribution < -0.4 is 10.9 Å². The lowest BCUT2D eigenvalue weighted by Crippen LogP contribution is -2.38. The number of para-hydroxylation sites is 1. The van der Waals surface area contributed by atoms with Crippen molar-refractivity contribution in [1.82, 2.24) is 5.32 Å². The van der Waals surface area contributed by atoms with E-state index < -0.39 is 17.6 Å². The van der Waals surface area contributed by atoms with E-state index in [0.717, 1.165) is 18.4 Å². The van der Waals surface area contributed by atoms with Crippen molar-refractivity contribution >= 4 is 16.9 Å². The molecule has 0 unspecified atom stereocenters. The Morgan fingerprint density at radius 1 is 1.15 bits per heavy atom. The molecule has 3 aromatic rings. The summed E-state index contributed by atoms with van der Waals surface area (Å²) in [5.41, 5.74) is 0.380. The van der Waals surface area contributed by atoms with Crippen LogP contribution in [-0.2, 0) is 4.74 Å². The van der Waals surface area contributed by atoms with E-state index in [1.165, 1.54) is 18.2 Å². The second-order valence-electron chi connectivity index (χ2n) is 6.54. The van der Waals surface area contributed by atoms with Crippen molar-refractivity contribution < 1.29 is 18.3 Å². The SMILES string of the molecule is O=C(N[C@H](c1ccc(F)cc1)[C@H]1CCCO1)c1cc2ccccc2oc1=O. The lowest BCUT2D eigenvalue weighted by molar-refractivity contribution is 0.0670. The lowest BCUT2D eigenvalue weighted by Gasteiger charge is -2.24. The molecule has 6 heteroatoms. The minimum atomic E-state index is -0.698. The summed E-state index contributed by atoms with van der Waals surface area (Å²) >= 11 is 0. The molecule has 2 heterocycles. The van der Waals surface area contributed by atoms with Crippen LogP contribution in [0.3, 0.4) is 0 Å². The van der Waals surface area contributed by atoms with Gasteiger partial charge in [0, 0.05) is 12.0 Å². The Morgan fingerprint density at radius 2 is 1.93 bits per heavy atom. The second-order valence-corrected chi connectivity index (χ2v) is 6.54. The Morgan fingerprint density at radius 3 is 2.67 bits per heavy atom. The molecule has 0 spiro atoms. The molecule has 0 saturated carbocycles. The average Bonchev–Trinajstić information content (AvgIpc) is 3.20. The van der Waals surface area contributed by atoms with Gasteiger partial charge >= 0.3 is 5.63 Å². The van der Waals surface area contributed by atoms with Crippen molar-refractivity contribution in [2.24, 2.45) is 0 Å². The van der Waals surface area contributed by atoms with Gasteiger partial charge in [-0.1, -0.05) is 30.3 Å². The van der Waals surface area contributed by atoms with E-state index in [0.29, 0.717) is 17.6 Å². The summed E-state index contributed by atoms with van der Waals surface area (Å²) in [6.45, 7) is 0.607. The highest BCUT2D eigenvalue weighted by Gasteiger charge is 2.30. The van der Waals surface area contributed by atoms with Crippen molar-refractivity contribution in [3.05, 3.63) is 82.0 Å².